The van der Waals surface area contributed by atoms with Crippen LogP contribution in [0.1, 0.15) is 37.0 Å². The highest BCUT2D eigenvalue weighted by Gasteiger charge is 2.26. The topological polar surface area (TPSA) is 49.3 Å². The quantitative estimate of drug-likeness (QED) is 0.824. The summed E-state index contributed by atoms with van der Waals surface area (Å²) in [6.45, 7) is 4.57. The predicted molar refractivity (Wildman–Crippen MR) is 81.6 cm³/mol. The molecule has 0 spiro atoms. The van der Waals surface area contributed by atoms with E-state index in [2.05, 4.69) is 21.2 Å². The molecule has 0 aliphatic heterocycles. The Labute approximate surface area is 127 Å². The molecule has 0 atom stereocenters. The number of nitrogens with one attached hydrogen (secondary N) is 1. The van der Waals surface area contributed by atoms with Crippen LogP contribution in [0.4, 0.5) is 0 Å². The maximum absolute atomic E-state index is 12.1. The fraction of sp³-hybridized carbons (Fsp3) is 0.500. The van der Waals surface area contributed by atoms with Crippen molar-refractivity contribution >= 4 is 33.4 Å². The van der Waals surface area contributed by atoms with Gasteiger partial charge >= 0.3 is 0 Å². The first-order valence-corrected chi connectivity index (χ1v) is 7.49. The Hall–Kier alpha value is -0.580. The summed E-state index contributed by atoms with van der Waals surface area (Å²) in [6, 6.07) is 5.05. The SMILES string of the molecule is CCC(CC)(CO)CNC(=O)c1ccc(Cl)cc1Br. The number of hydrogen-bond acceptors (Lipinski definition) is 2. The molecule has 19 heavy (non-hydrogen) atoms. The van der Waals surface area contributed by atoms with Gasteiger partial charge in [-0.05, 0) is 47.0 Å². The summed E-state index contributed by atoms with van der Waals surface area (Å²) in [5.74, 6) is -0.164. The smallest absolute Gasteiger partial charge is 0.252 e. The van der Waals surface area contributed by atoms with Crippen molar-refractivity contribution in [3.05, 3.63) is 33.3 Å². The molecule has 1 aromatic rings. The van der Waals surface area contributed by atoms with Gasteiger partial charge in [-0.1, -0.05) is 25.4 Å². The van der Waals surface area contributed by atoms with Gasteiger partial charge in [0.15, 0.2) is 0 Å². The molecule has 3 nitrogen and oxygen atoms in total. The zero-order chi connectivity index (χ0) is 14.5. The number of benzene rings is 1. The lowest BCUT2D eigenvalue weighted by Gasteiger charge is -2.29. The molecule has 0 fully saturated rings. The molecule has 106 valence electrons. The molecule has 0 aliphatic carbocycles. The zero-order valence-corrected chi connectivity index (χ0v) is 13.5. The van der Waals surface area contributed by atoms with E-state index in [0.29, 0.717) is 21.6 Å². The van der Waals surface area contributed by atoms with Crippen LogP contribution in [0, 0.1) is 5.41 Å². The number of rotatable bonds is 6. The summed E-state index contributed by atoms with van der Waals surface area (Å²) >= 11 is 9.17. The standard InChI is InChI=1S/C14H19BrClNO2/c1-3-14(4-2,9-18)8-17-13(19)11-6-5-10(16)7-12(11)15/h5-7,18H,3-4,8-9H2,1-2H3,(H,17,19). The van der Waals surface area contributed by atoms with E-state index in [4.69, 9.17) is 11.6 Å². The third-order valence-electron chi connectivity index (χ3n) is 3.64. The molecular weight excluding hydrogens is 330 g/mol. The van der Waals surface area contributed by atoms with E-state index < -0.39 is 0 Å². The van der Waals surface area contributed by atoms with Crippen LogP contribution in [0.5, 0.6) is 0 Å². The monoisotopic (exact) mass is 347 g/mol. The maximum Gasteiger partial charge on any atom is 0.252 e. The predicted octanol–water partition coefficient (Wildman–Crippen LogP) is 3.63. The number of carbonyl (C=O) groups excluding carboxylic acids is 1. The number of aliphatic hydroxyl groups excluding tert-OH is 1. The number of hydrogen-bond donors (Lipinski definition) is 2. The normalized spacial score (nSPS) is 11.4. The van der Waals surface area contributed by atoms with Crippen LogP contribution in [0.3, 0.4) is 0 Å². The van der Waals surface area contributed by atoms with E-state index in [0.717, 1.165) is 12.8 Å². The molecule has 0 heterocycles. The summed E-state index contributed by atoms with van der Waals surface area (Å²) in [4.78, 5) is 12.1. The first kappa shape index (κ1) is 16.5. The fourth-order valence-electron chi connectivity index (χ4n) is 1.82. The van der Waals surface area contributed by atoms with Gasteiger partial charge in [-0.2, -0.15) is 0 Å². The molecule has 5 heteroatoms. The van der Waals surface area contributed by atoms with E-state index in [1.54, 1.807) is 18.2 Å². The van der Waals surface area contributed by atoms with E-state index in [-0.39, 0.29) is 17.9 Å². The summed E-state index contributed by atoms with van der Waals surface area (Å²) < 4.78 is 0.667. The van der Waals surface area contributed by atoms with E-state index in [1.165, 1.54) is 0 Å². The Morgan fingerprint density at radius 2 is 2.05 bits per heavy atom. The van der Waals surface area contributed by atoms with Crippen molar-refractivity contribution in [2.75, 3.05) is 13.2 Å². The van der Waals surface area contributed by atoms with Gasteiger partial charge < -0.3 is 10.4 Å². The highest BCUT2D eigenvalue weighted by molar-refractivity contribution is 9.10. The Morgan fingerprint density at radius 1 is 1.42 bits per heavy atom. The van der Waals surface area contributed by atoms with Crippen molar-refractivity contribution in [1.82, 2.24) is 5.32 Å². The molecule has 1 aromatic carbocycles. The van der Waals surface area contributed by atoms with Crippen LogP contribution in [0.15, 0.2) is 22.7 Å². The van der Waals surface area contributed by atoms with Crippen LogP contribution in [-0.2, 0) is 0 Å². The minimum atomic E-state index is -0.242. The van der Waals surface area contributed by atoms with Crippen LogP contribution in [-0.4, -0.2) is 24.2 Å². The van der Waals surface area contributed by atoms with E-state index in [9.17, 15) is 9.90 Å². The molecule has 0 aromatic heterocycles. The van der Waals surface area contributed by atoms with Gasteiger partial charge in [0.05, 0.1) is 12.2 Å². The van der Waals surface area contributed by atoms with Gasteiger partial charge in [-0.25, -0.2) is 0 Å². The molecule has 0 unspecified atom stereocenters. The van der Waals surface area contributed by atoms with E-state index >= 15 is 0 Å². The van der Waals surface area contributed by atoms with Gasteiger partial charge in [-0.3, -0.25) is 4.79 Å². The Morgan fingerprint density at radius 3 is 2.53 bits per heavy atom. The maximum atomic E-state index is 12.1. The van der Waals surface area contributed by atoms with Crippen molar-refractivity contribution in [2.45, 2.75) is 26.7 Å². The average molecular weight is 349 g/mol. The molecule has 1 amide bonds. The summed E-state index contributed by atoms with van der Waals surface area (Å²) in [5.41, 5.74) is 0.303. The Balaban J connectivity index is 2.75. The van der Waals surface area contributed by atoms with E-state index in [1.807, 2.05) is 13.8 Å². The highest BCUT2D eigenvalue weighted by atomic mass is 79.9. The van der Waals surface area contributed by atoms with Crippen molar-refractivity contribution in [1.29, 1.82) is 0 Å². The van der Waals surface area contributed by atoms with Crippen molar-refractivity contribution < 1.29 is 9.90 Å². The Kier molecular flexibility index (Phi) is 6.30. The van der Waals surface area contributed by atoms with Crippen molar-refractivity contribution in [2.24, 2.45) is 5.41 Å². The van der Waals surface area contributed by atoms with Gasteiger partial charge in [-0.15, -0.1) is 0 Å². The second-order valence-corrected chi connectivity index (χ2v) is 5.96. The minimum absolute atomic E-state index is 0.0715. The van der Waals surface area contributed by atoms with Crippen molar-refractivity contribution in [3.63, 3.8) is 0 Å². The van der Waals surface area contributed by atoms with Crippen LogP contribution in [0.2, 0.25) is 5.02 Å². The second kappa shape index (κ2) is 7.27. The third kappa shape index (κ3) is 4.20. The number of aliphatic hydroxyl groups is 1. The Bertz CT molecular complexity index is 439. The van der Waals surface area contributed by atoms with Gasteiger partial charge in [0.25, 0.3) is 5.91 Å². The third-order valence-corrected chi connectivity index (χ3v) is 4.53. The minimum Gasteiger partial charge on any atom is -0.396 e. The summed E-state index contributed by atoms with van der Waals surface area (Å²) in [7, 11) is 0. The molecular formula is C14H19BrClNO2. The molecule has 0 saturated carbocycles. The number of carbonyl (C=O) groups is 1. The van der Waals surface area contributed by atoms with Crippen LogP contribution in [0.25, 0.3) is 0 Å². The molecule has 0 aliphatic rings. The molecule has 1 rings (SSSR count). The summed E-state index contributed by atoms with van der Waals surface area (Å²) in [5, 5.41) is 12.9. The lowest BCUT2D eigenvalue weighted by molar-refractivity contribution is 0.0850. The van der Waals surface area contributed by atoms with Gasteiger partial charge in [0.1, 0.15) is 0 Å². The highest BCUT2D eigenvalue weighted by Crippen LogP contribution is 2.25. The molecule has 0 radical (unpaired) electrons. The van der Waals surface area contributed by atoms with Crippen LogP contribution < -0.4 is 5.32 Å². The second-order valence-electron chi connectivity index (χ2n) is 4.67. The largest absolute Gasteiger partial charge is 0.396 e. The lowest BCUT2D eigenvalue weighted by atomic mass is 9.83. The lowest BCUT2D eigenvalue weighted by Crippen LogP contribution is -2.39. The first-order valence-electron chi connectivity index (χ1n) is 6.32. The van der Waals surface area contributed by atoms with Gasteiger partial charge in [0, 0.05) is 21.5 Å². The van der Waals surface area contributed by atoms with Gasteiger partial charge in [0.2, 0.25) is 0 Å². The number of amides is 1. The van der Waals surface area contributed by atoms with Crippen LogP contribution >= 0.6 is 27.5 Å². The molecule has 0 saturated heterocycles. The molecule has 0 bridgehead atoms. The van der Waals surface area contributed by atoms with Crippen molar-refractivity contribution in [3.8, 4) is 0 Å². The first-order chi connectivity index (χ1) is 8.98. The summed E-state index contributed by atoms with van der Waals surface area (Å²) in [6.07, 6.45) is 1.64. The fourth-order valence-corrected chi connectivity index (χ4v) is 2.68. The number of halogens is 2. The zero-order valence-electron chi connectivity index (χ0n) is 11.2. The average Bonchev–Trinajstić information content (AvgIpc) is 2.40. The molecule has 2 N–H and O–H groups in total.